The Morgan fingerprint density at radius 3 is 2.77 bits per heavy atom. The number of anilines is 1. The van der Waals surface area contributed by atoms with Crippen molar-refractivity contribution in [1.82, 2.24) is 20.5 Å². The van der Waals surface area contributed by atoms with E-state index in [9.17, 15) is 4.79 Å². The van der Waals surface area contributed by atoms with Gasteiger partial charge in [-0.15, -0.1) is 24.0 Å². The predicted molar refractivity (Wildman–Crippen MR) is 117 cm³/mol. The summed E-state index contributed by atoms with van der Waals surface area (Å²) in [6.07, 6.45) is 6.97. The van der Waals surface area contributed by atoms with E-state index in [2.05, 4.69) is 37.8 Å². The second-order valence-electron chi connectivity index (χ2n) is 6.52. The molecule has 1 aliphatic rings. The highest BCUT2D eigenvalue weighted by Crippen LogP contribution is 2.15. The predicted octanol–water partition coefficient (Wildman–Crippen LogP) is 1.93. The molecule has 1 aromatic heterocycles. The number of rotatable bonds is 7. The summed E-state index contributed by atoms with van der Waals surface area (Å²) in [5.74, 6) is 1.39. The van der Waals surface area contributed by atoms with E-state index in [1.54, 1.807) is 31.6 Å². The highest BCUT2D eigenvalue weighted by atomic mass is 127. The number of pyridine rings is 1. The molecule has 0 bridgehead atoms. The molecule has 0 aliphatic carbocycles. The van der Waals surface area contributed by atoms with Gasteiger partial charge < -0.3 is 20.9 Å². The number of aliphatic imine (C=N–C) groups is 1. The topological polar surface area (TPSA) is 81.7 Å². The number of nitrogens with one attached hydrogen (secondary N) is 3. The molecule has 1 saturated heterocycles. The monoisotopic (exact) mass is 474 g/mol. The van der Waals surface area contributed by atoms with Crippen LogP contribution >= 0.6 is 24.0 Å². The van der Waals surface area contributed by atoms with Crippen LogP contribution in [0.2, 0.25) is 0 Å². The van der Waals surface area contributed by atoms with Crippen LogP contribution in [-0.4, -0.2) is 61.5 Å². The van der Waals surface area contributed by atoms with E-state index < -0.39 is 0 Å². The second-order valence-corrected chi connectivity index (χ2v) is 6.52. The zero-order chi connectivity index (χ0) is 17.9. The molecule has 26 heavy (non-hydrogen) atoms. The SMILES string of the molecule is CN=C(NCCCN1CCC(C)CC1)NCC(=O)Nc1cccnc1.I. The number of piperidine rings is 1. The molecule has 146 valence electrons. The van der Waals surface area contributed by atoms with Gasteiger partial charge in [-0.2, -0.15) is 0 Å². The van der Waals surface area contributed by atoms with Crippen LogP contribution in [-0.2, 0) is 4.79 Å². The molecule has 0 aromatic carbocycles. The normalized spacial score (nSPS) is 15.8. The van der Waals surface area contributed by atoms with Crippen molar-refractivity contribution in [2.24, 2.45) is 10.9 Å². The van der Waals surface area contributed by atoms with Gasteiger partial charge in [0.2, 0.25) is 5.91 Å². The second kappa shape index (κ2) is 12.9. The van der Waals surface area contributed by atoms with Crippen molar-refractivity contribution < 1.29 is 4.79 Å². The van der Waals surface area contributed by atoms with Gasteiger partial charge >= 0.3 is 0 Å². The lowest BCUT2D eigenvalue weighted by Gasteiger charge is -2.30. The van der Waals surface area contributed by atoms with Gasteiger partial charge in [-0.1, -0.05) is 6.92 Å². The van der Waals surface area contributed by atoms with Crippen LogP contribution in [0.25, 0.3) is 0 Å². The highest BCUT2D eigenvalue weighted by Gasteiger charge is 2.14. The van der Waals surface area contributed by atoms with E-state index in [0.29, 0.717) is 11.6 Å². The third-order valence-corrected chi connectivity index (χ3v) is 4.41. The van der Waals surface area contributed by atoms with Gasteiger partial charge in [0.15, 0.2) is 5.96 Å². The summed E-state index contributed by atoms with van der Waals surface area (Å²) in [6, 6.07) is 3.59. The van der Waals surface area contributed by atoms with E-state index in [0.717, 1.165) is 25.4 Å². The van der Waals surface area contributed by atoms with Crippen molar-refractivity contribution in [2.45, 2.75) is 26.2 Å². The lowest BCUT2D eigenvalue weighted by atomic mass is 9.99. The van der Waals surface area contributed by atoms with Crippen molar-refractivity contribution in [2.75, 3.05) is 45.1 Å². The number of halogens is 1. The van der Waals surface area contributed by atoms with E-state index in [1.807, 2.05) is 0 Å². The minimum Gasteiger partial charge on any atom is -0.356 e. The van der Waals surface area contributed by atoms with E-state index in [1.165, 1.54) is 25.9 Å². The van der Waals surface area contributed by atoms with Gasteiger partial charge in [-0.25, -0.2) is 0 Å². The molecule has 0 spiro atoms. The Labute approximate surface area is 173 Å². The first-order valence-corrected chi connectivity index (χ1v) is 9.04. The molecule has 0 atom stereocenters. The summed E-state index contributed by atoms with van der Waals surface area (Å²) in [7, 11) is 1.71. The molecule has 0 unspecified atom stereocenters. The third-order valence-electron chi connectivity index (χ3n) is 4.41. The van der Waals surface area contributed by atoms with Crippen LogP contribution in [0.3, 0.4) is 0 Å². The molecule has 1 aromatic rings. The van der Waals surface area contributed by atoms with Crippen molar-refractivity contribution in [3.05, 3.63) is 24.5 Å². The smallest absolute Gasteiger partial charge is 0.243 e. The molecule has 7 nitrogen and oxygen atoms in total. The minimum absolute atomic E-state index is 0. The standard InChI is InChI=1S/C18H30N6O.HI/c1-15-6-11-24(12-7-15)10-4-9-21-18(19-2)22-14-17(25)23-16-5-3-8-20-13-16;/h3,5,8,13,15H,4,6-7,9-12,14H2,1-2H3,(H,23,25)(H2,19,21,22);1H. The Hall–Kier alpha value is -1.42. The van der Waals surface area contributed by atoms with Gasteiger partial charge in [0.05, 0.1) is 18.4 Å². The van der Waals surface area contributed by atoms with E-state index in [4.69, 9.17) is 0 Å². The number of carbonyl (C=O) groups is 1. The van der Waals surface area contributed by atoms with Gasteiger partial charge in [0, 0.05) is 19.8 Å². The molecule has 2 heterocycles. The van der Waals surface area contributed by atoms with Gasteiger partial charge in [-0.05, 0) is 56.9 Å². The van der Waals surface area contributed by atoms with Gasteiger partial charge in [-0.3, -0.25) is 14.8 Å². The number of likely N-dealkylation sites (tertiary alicyclic amines) is 1. The quantitative estimate of drug-likeness (QED) is 0.244. The summed E-state index contributed by atoms with van der Waals surface area (Å²) in [5.41, 5.74) is 0.688. The van der Waals surface area contributed by atoms with Crippen LogP contribution in [0.1, 0.15) is 26.2 Å². The van der Waals surface area contributed by atoms with Crippen LogP contribution in [0.15, 0.2) is 29.5 Å². The number of aromatic nitrogens is 1. The number of hydrogen-bond donors (Lipinski definition) is 3. The number of guanidine groups is 1. The summed E-state index contributed by atoms with van der Waals surface area (Å²) < 4.78 is 0. The zero-order valence-corrected chi connectivity index (χ0v) is 18.0. The average Bonchev–Trinajstić information content (AvgIpc) is 2.63. The number of nitrogens with zero attached hydrogens (tertiary/aromatic N) is 3. The molecular weight excluding hydrogens is 443 g/mol. The van der Waals surface area contributed by atoms with Crippen molar-refractivity contribution in [3.8, 4) is 0 Å². The maximum absolute atomic E-state index is 11.9. The molecule has 1 amide bonds. The fourth-order valence-corrected chi connectivity index (χ4v) is 2.82. The summed E-state index contributed by atoms with van der Waals surface area (Å²) in [6.45, 7) is 6.87. The third kappa shape index (κ3) is 8.79. The molecular formula is C18H31IN6O. The highest BCUT2D eigenvalue weighted by molar-refractivity contribution is 14.0. The first kappa shape index (κ1) is 22.6. The Morgan fingerprint density at radius 2 is 2.12 bits per heavy atom. The number of hydrogen-bond acceptors (Lipinski definition) is 4. The summed E-state index contributed by atoms with van der Waals surface area (Å²) >= 11 is 0. The fourth-order valence-electron chi connectivity index (χ4n) is 2.82. The van der Waals surface area contributed by atoms with Crippen LogP contribution in [0.4, 0.5) is 5.69 Å². The van der Waals surface area contributed by atoms with Crippen molar-refractivity contribution in [1.29, 1.82) is 0 Å². The number of carbonyl (C=O) groups excluding carboxylic acids is 1. The van der Waals surface area contributed by atoms with Crippen LogP contribution in [0, 0.1) is 5.92 Å². The molecule has 3 N–H and O–H groups in total. The average molecular weight is 474 g/mol. The Balaban J connectivity index is 0.00000338. The van der Waals surface area contributed by atoms with Crippen LogP contribution < -0.4 is 16.0 Å². The van der Waals surface area contributed by atoms with Crippen molar-refractivity contribution in [3.63, 3.8) is 0 Å². The molecule has 2 rings (SSSR count). The van der Waals surface area contributed by atoms with E-state index >= 15 is 0 Å². The minimum atomic E-state index is -0.126. The largest absolute Gasteiger partial charge is 0.356 e. The Morgan fingerprint density at radius 1 is 1.35 bits per heavy atom. The molecule has 1 fully saturated rings. The Bertz CT molecular complexity index is 546. The zero-order valence-electron chi connectivity index (χ0n) is 15.7. The maximum atomic E-state index is 11.9. The van der Waals surface area contributed by atoms with Gasteiger partial charge in [0.25, 0.3) is 0 Å². The molecule has 0 radical (unpaired) electrons. The molecule has 1 aliphatic heterocycles. The van der Waals surface area contributed by atoms with E-state index in [-0.39, 0.29) is 36.4 Å². The molecule has 8 heteroatoms. The summed E-state index contributed by atoms with van der Waals surface area (Å²) in [5, 5.41) is 9.07. The summed E-state index contributed by atoms with van der Waals surface area (Å²) in [4.78, 5) is 22.5. The van der Waals surface area contributed by atoms with Crippen molar-refractivity contribution >= 4 is 41.5 Å². The first-order chi connectivity index (χ1) is 12.2. The first-order valence-electron chi connectivity index (χ1n) is 9.04. The Kier molecular flexibility index (Phi) is 11.2. The fraction of sp³-hybridized carbons (Fsp3) is 0.611. The van der Waals surface area contributed by atoms with Gasteiger partial charge in [0.1, 0.15) is 0 Å². The lowest BCUT2D eigenvalue weighted by molar-refractivity contribution is -0.115. The molecule has 0 saturated carbocycles. The number of amides is 1. The van der Waals surface area contributed by atoms with Crippen LogP contribution in [0.5, 0.6) is 0 Å². The lowest BCUT2D eigenvalue weighted by Crippen LogP contribution is -2.42. The maximum Gasteiger partial charge on any atom is 0.243 e.